The van der Waals surface area contributed by atoms with E-state index in [0.29, 0.717) is 5.56 Å². The molecule has 0 radical (unpaired) electrons. The first kappa shape index (κ1) is 8.25. The summed E-state index contributed by atoms with van der Waals surface area (Å²) in [5.74, 6) is -1.19. The highest BCUT2D eigenvalue weighted by atomic mass is 16.4. The fourth-order valence-electron chi connectivity index (χ4n) is 0.760. The molecule has 0 aliphatic carbocycles. The molecular formula is C6H8N4O2. The SMILES string of the molecule is Cc1c(N)nc(N)nc1C(=O)O. The number of carboxylic acids is 1. The molecule has 0 saturated heterocycles. The molecule has 0 aliphatic heterocycles. The molecule has 0 amide bonds. The summed E-state index contributed by atoms with van der Waals surface area (Å²) in [6.45, 7) is 1.53. The van der Waals surface area contributed by atoms with Crippen LogP contribution in [0.1, 0.15) is 16.1 Å². The number of carboxylic acid groups (broad SMARTS) is 1. The number of nitrogens with zero attached hydrogens (tertiary/aromatic N) is 2. The Kier molecular flexibility index (Phi) is 1.82. The predicted octanol–water partition coefficient (Wildman–Crippen LogP) is -0.352. The average molecular weight is 168 g/mol. The van der Waals surface area contributed by atoms with Crippen LogP contribution in [0.4, 0.5) is 11.8 Å². The smallest absolute Gasteiger partial charge is 0.355 e. The molecule has 1 rings (SSSR count). The maximum atomic E-state index is 10.5. The lowest BCUT2D eigenvalue weighted by atomic mass is 10.2. The molecule has 0 aromatic carbocycles. The molecule has 64 valence electrons. The average Bonchev–Trinajstić information content (AvgIpc) is 1.96. The zero-order valence-electron chi connectivity index (χ0n) is 6.40. The van der Waals surface area contributed by atoms with Gasteiger partial charge in [-0.2, -0.15) is 4.98 Å². The zero-order chi connectivity index (χ0) is 9.30. The van der Waals surface area contributed by atoms with Crippen LogP contribution in [-0.4, -0.2) is 21.0 Å². The van der Waals surface area contributed by atoms with E-state index in [1.807, 2.05) is 0 Å². The highest BCUT2D eigenvalue weighted by molar-refractivity contribution is 5.88. The maximum Gasteiger partial charge on any atom is 0.355 e. The van der Waals surface area contributed by atoms with Crippen LogP contribution in [0.3, 0.4) is 0 Å². The molecule has 1 heterocycles. The number of anilines is 2. The summed E-state index contributed by atoms with van der Waals surface area (Å²) < 4.78 is 0. The quantitative estimate of drug-likeness (QED) is 0.527. The van der Waals surface area contributed by atoms with Gasteiger partial charge in [0, 0.05) is 5.56 Å². The third-order valence-corrected chi connectivity index (χ3v) is 1.40. The van der Waals surface area contributed by atoms with Gasteiger partial charge in [0.2, 0.25) is 5.95 Å². The Morgan fingerprint density at radius 2 is 2.00 bits per heavy atom. The van der Waals surface area contributed by atoms with Crippen molar-refractivity contribution in [2.45, 2.75) is 6.92 Å². The van der Waals surface area contributed by atoms with Gasteiger partial charge < -0.3 is 16.6 Å². The Hall–Kier alpha value is -1.85. The highest BCUT2D eigenvalue weighted by Gasteiger charge is 2.12. The largest absolute Gasteiger partial charge is 0.476 e. The number of nitrogens with two attached hydrogens (primary N) is 2. The lowest BCUT2D eigenvalue weighted by Crippen LogP contribution is -2.10. The van der Waals surface area contributed by atoms with Gasteiger partial charge in [-0.05, 0) is 6.92 Å². The van der Waals surface area contributed by atoms with Gasteiger partial charge in [-0.1, -0.05) is 0 Å². The molecular weight excluding hydrogens is 160 g/mol. The van der Waals surface area contributed by atoms with E-state index in [1.54, 1.807) is 0 Å². The van der Waals surface area contributed by atoms with Crippen molar-refractivity contribution < 1.29 is 9.90 Å². The minimum absolute atomic E-state index is 0.0971. The molecule has 0 fully saturated rings. The van der Waals surface area contributed by atoms with E-state index in [9.17, 15) is 4.79 Å². The van der Waals surface area contributed by atoms with Crippen LogP contribution in [0, 0.1) is 6.92 Å². The Morgan fingerprint density at radius 1 is 1.42 bits per heavy atom. The molecule has 0 saturated carbocycles. The van der Waals surface area contributed by atoms with Crippen LogP contribution in [0.25, 0.3) is 0 Å². The monoisotopic (exact) mass is 168 g/mol. The fourth-order valence-corrected chi connectivity index (χ4v) is 0.760. The van der Waals surface area contributed by atoms with Crippen molar-refractivity contribution in [3.63, 3.8) is 0 Å². The molecule has 1 aromatic rings. The van der Waals surface area contributed by atoms with Gasteiger partial charge in [0.25, 0.3) is 0 Å². The van der Waals surface area contributed by atoms with Crippen LogP contribution in [0.15, 0.2) is 0 Å². The van der Waals surface area contributed by atoms with Gasteiger partial charge in [-0.3, -0.25) is 0 Å². The van der Waals surface area contributed by atoms with Crippen molar-refractivity contribution in [3.8, 4) is 0 Å². The second-order valence-corrected chi connectivity index (χ2v) is 2.25. The number of rotatable bonds is 1. The number of hydrogen-bond acceptors (Lipinski definition) is 5. The Labute approximate surface area is 68.2 Å². The Morgan fingerprint density at radius 3 is 2.50 bits per heavy atom. The predicted molar refractivity (Wildman–Crippen MR) is 42.6 cm³/mol. The standard InChI is InChI=1S/C6H8N4O2/c1-2-3(5(11)12)9-6(8)10-4(2)7/h1H3,(H,11,12)(H4,7,8,9,10). The van der Waals surface area contributed by atoms with Gasteiger partial charge >= 0.3 is 5.97 Å². The molecule has 0 atom stereocenters. The van der Waals surface area contributed by atoms with Crippen molar-refractivity contribution in [2.75, 3.05) is 11.5 Å². The van der Waals surface area contributed by atoms with Gasteiger partial charge in [-0.15, -0.1) is 0 Å². The van der Waals surface area contributed by atoms with Crippen molar-refractivity contribution in [1.82, 2.24) is 9.97 Å². The van der Waals surface area contributed by atoms with Crippen LogP contribution in [-0.2, 0) is 0 Å². The lowest BCUT2D eigenvalue weighted by Gasteiger charge is -2.02. The van der Waals surface area contributed by atoms with Crippen LogP contribution < -0.4 is 11.5 Å². The maximum absolute atomic E-state index is 10.5. The second-order valence-electron chi connectivity index (χ2n) is 2.25. The van der Waals surface area contributed by atoms with Crippen LogP contribution in [0.2, 0.25) is 0 Å². The number of nitrogen functional groups attached to an aromatic ring is 2. The first-order valence-corrected chi connectivity index (χ1v) is 3.15. The first-order valence-electron chi connectivity index (χ1n) is 3.15. The second kappa shape index (κ2) is 2.65. The number of carbonyl (C=O) groups is 1. The molecule has 1 aromatic heterocycles. The van der Waals surface area contributed by atoms with Crippen molar-refractivity contribution >= 4 is 17.7 Å². The number of aromatic carboxylic acids is 1. The van der Waals surface area contributed by atoms with Crippen molar-refractivity contribution in [1.29, 1.82) is 0 Å². The third-order valence-electron chi connectivity index (χ3n) is 1.40. The van der Waals surface area contributed by atoms with Gasteiger partial charge in [0.05, 0.1) is 0 Å². The summed E-state index contributed by atoms with van der Waals surface area (Å²) in [6.07, 6.45) is 0. The van der Waals surface area contributed by atoms with E-state index >= 15 is 0 Å². The number of hydrogen-bond donors (Lipinski definition) is 3. The third kappa shape index (κ3) is 1.26. The topological polar surface area (TPSA) is 115 Å². The summed E-state index contributed by atoms with van der Waals surface area (Å²) in [7, 11) is 0. The van der Waals surface area contributed by atoms with E-state index < -0.39 is 5.97 Å². The summed E-state index contributed by atoms with van der Waals surface area (Å²) in [5, 5.41) is 8.61. The van der Waals surface area contributed by atoms with Gasteiger partial charge in [0.1, 0.15) is 5.82 Å². The van der Waals surface area contributed by atoms with E-state index in [0.717, 1.165) is 0 Å². The summed E-state index contributed by atoms with van der Waals surface area (Å²) in [5.41, 5.74) is 10.7. The molecule has 0 unspecified atom stereocenters. The molecule has 0 bridgehead atoms. The summed E-state index contributed by atoms with van der Waals surface area (Å²) in [4.78, 5) is 17.6. The van der Waals surface area contributed by atoms with E-state index in [1.165, 1.54) is 6.92 Å². The minimum Gasteiger partial charge on any atom is -0.476 e. The lowest BCUT2D eigenvalue weighted by molar-refractivity contribution is 0.0689. The molecule has 0 spiro atoms. The molecule has 5 N–H and O–H groups in total. The molecule has 6 heteroatoms. The summed E-state index contributed by atoms with van der Waals surface area (Å²) >= 11 is 0. The van der Waals surface area contributed by atoms with Crippen molar-refractivity contribution in [2.24, 2.45) is 0 Å². The van der Waals surface area contributed by atoms with Gasteiger partial charge in [0.15, 0.2) is 5.69 Å². The summed E-state index contributed by atoms with van der Waals surface area (Å²) in [6, 6.07) is 0. The Balaban J connectivity index is 3.37. The van der Waals surface area contributed by atoms with E-state index in [4.69, 9.17) is 16.6 Å². The van der Waals surface area contributed by atoms with Gasteiger partial charge in [-0.25, -0.2) is 9.78 Å². The first-order chi connectivity index (χ1) is 5.52. The van der Waals surface area contributed by atoms with Crippen LogP contribution in [0.5, 0.6) is 0 Å². The normalized spacial score (nSPS) is 9.75. The fraction of sp³-hybridized carbons (Fsp3) is 0.167. The minimum atomic E-state index is -1.16. The van der Waals surface area contributed by atoms with E-state index in [2.05, 4.69) is 9.97 Å². The van der Waals surface area contributed by atoms with Crippen LogP contribution >= 0.6 is 0 Å². The zero-order valence-corrected chi connectivity index (χ0v) is 6.40. The highest BCUT2D eigenvalue weighted by Crippen LogP contribution is 2.12. The van der Waals surface area contributed by atoms with Crippen molar-refractivity contribution in [3.05, 3.63) is 11.3 Å². The number of aromatic nitrogens is 2. The Bertz CT molecular complexity index is 337. The molecule has 12 heavy (non-hydrogen) atoms. The van der Waals surface area contributed by atoms with E-state index in [-0.39, 0.29) is 17.5 Å². The molecule has 6 nitrogen and oxygen atoms in total. The molecule has 0 aliphatic rings.